The molecule has 7 heteroatoms. The summed E-state index contributed by atoms with van der Waals surface area (Å²) in [6.07, 6.45) is 1.77. The van der Waals surface area contributed by atoms with Crippen molar-refractivity contribution < 1.29 is 9.42 Å². The lowest BCUT2D eigenvalue weighted by Crippen LogP contribution is -2.31. The summed E-state index contributed by atoms with van der Waals surface area (Å²) < 4.78 is 4.49. The quantitative estimate of drug-likeness (QED) is 0.918. The van der Waals surface area contributed by atoms with Gasteiger partial charge in [0.05, 0.1) is 6.04 Å². The van der Waals surface area contributed by atoms with Crippen molar-refractivity contribution in [2.45, 2.75) is 18.9 Å². The molecule has 1 unspecified atom stereocenters. The van der Waals surface area contributed by atoms with Crippen LogP contribution < -0.4 is 5.73 Å². The lowest BCUT2D eigenvalue weighted by atomic mass is 10.0. The first-order valence-corrected chi connectivity index (χ1v) is 6.69. The molecule has 1 amide bonds. The van der Waals surface area contributed by atoms with Crippen molar-refractivity contribution in [1.29, 1.82) is 0 Å². The smallest absolute Gasteiger partial charge is 0.280 e. The number of nitrogens with two attached hydrogens (primary N) is 1. The van der Waals surface area contributed by atoms with Crippen LogP contribution in [0.25, 0.3) is 0 Å². The molecular formula is C13H13ClN4O2. The van der Waals surface area contributed by atoms with Gasteiger partial charge in [-0.3, -0.25) is 4.79 Å². The van der Waals surface area contributed by atoms with E-state index >= 15 is 0 Å². The Morgan fingerprint density at radius 3 is 2.90 bits per heavy atom. The summed E-state index contributed by atoms with van der Waals surface area (Å²) in [5.41, 5.74) is 6.58. The van der Waals surface area contributed by atoms with Crippen molar-refractivity contribution in [2.24, 2.45) is 0 Å². The molecule has 2 aromatic rings. The van der Waals surface area contributed by atoms with Crippen molar-refractivity contribution in [1.82, 2.24) is 15.2 Å². The Bertz CT molecular complexity index is 643. The minimum absolute atomic E-state index is 0.0137. The Morgan fingerprint density at radius 2 is 2.20 bits per heavy atom. The molecule has 1 aromatic carbocycles. The number of hydrogen-bond acceptors (Lipinski definition) is 5. The van der Waals surface area contributed by atoms with Gasteiger partial charge in [-0.1, -0.05) is 29.8 Å². The fourth-order valence-corrected chi connectivity index (χ4v) is 2.82. The molecule has 0 aliphatic carbocycles. The van der Waals surface area contributed by atoms with Crippen LogP contribution in [0.4, 0.5) is 5.82 Å². The predicted octanol–water partition coefficient (Wildman–Crippen LogP) is 2.28. The molecule has 2 heterocycles. The van der Waals surface area contributed by atoms with Gasteiger partial charge in [0.1, 0.15) is 0 Å². The van der Waals surface area contributed by atoms with E-state index in [0.29, 0.717) is 11.6 Å². The van der Waals surface area contributed by atoms with Gasteiger partial charge in [0.25, 0.3) is 5.91 Å². The predicted molar refractivity (Wildman–Crippen MR) is 73.2 cm³/mol. The van der Waals surface area contributed by atoms with Crippen molar-refractivity contribution >= 4 is 23.3 Å². The zero-order valence-corrected chi connectivity index (χ0v) is 11.4. The average Bonchev–Trinajstić information content (AvgIpc) is 3.07. The maximum absolute atomic E-state index is 12.5. The summed E-state index contributed by atoms with van der Waals surface area (Å²) in [6.45, 7) is 0.640. The molecule has 1 aliphatic heterocycles. The summed E-state index contributed by atoms with van der Waals surface area (Å²) in [5.74, 6) is -0.258. The molecule has 0 bridgehead atoms. The van der Waals surface area contributed by atoms with E-state index in [0.717, 1.165) is 18.4 Å². The van der Waals surface area contributed by atoms with E-state index in [1.54, 1.807) is 4.90 Å². The molecule has 3 rings (SSSR count). The van der Waals surface area contributed by atoms with Crippen molar-refractivity contribution in [3.63, 3.8) is 0 Å². The molecule has 1 saturated heterocycles. The third-order valence-corrected chi connectivity index (χ3v) is 3.84. The van der Waals surface area contributed by atoms with E-state index in [4.69, 9.17) is 17.3 Å². The topological polar surface area (TPSA) is 85.2 Å². The number of benzene rings is 1. The maximum Gasteiger partial charge on any atom is 0.280 e. The van der Waals surface area contributed by atoms with Crippen LogP contribution in [0.2, 0.25) is 5.02 Å². The highest BCUT2D eigenvalue weighted by atomic mass is 35.5. The van der Waals surface area contributed by atoms with Crippen molar-refractivity contribution in [3.05, 3.63) is 40.5 Å². The molecule has 6 nitrogen and oxygen atoms in total. The summed E-state index contributed by atoms with van der Waals surface area (Å²) in [7, 11) is 0. The normalized spacial score (nSPS) is 18.4. The van der Waals surface area contributed by atoms with Gasteiger partial charge in [-0.25, -0.2) is 4.63 Å². The SMILES string of the molecule is Nc1nonc1C(=O)N1CCCC1c1ccccc1Cl. The Balaban J connectivity index is 1.92. The van der Waals surface area contributed by atoms with Crippen LogP contribution in [0.1, 0.15) is 34.9 Å². The van der Waals surface area contributed by atoms with Crippen LogP contribution >= 0.6 is 11.6 Å². The molecular weight excluding hydrogens is 280 g/mol. The van der Waals surface area contributed by atoms with Gasteiger partial charge in [0.2, 0.25) is 11.5 Å². The van der Waals surface area contributed by atoms with E-state index in [1.807, 2.05) is 24.3 Å². The fourth-order valence-electron chi connectivity index (χ4n) is 2.56. The first-order chi connectivity index (χ1) is 9.68. The Labute approximate surface area is 120 Å². The number of hydrogen-bond donors (Lipinski definition) is 1. The van der Waals surface area contributed by atoms with Gasteiger partial charge >= 0.3 is 0 Å². The highest BCUT2D eigenvalue weighted by Crippen LogP contribution is 2.36. The zero-order chi connectivity index (χ0) is 14.1. The standard InChI is InChI=1S/C13H13ClN4O2/c14-9-5-2-1-4-8(9)10-6-3-7-18(10)13(19)11-12(15)17-20-16-11/h1-2,4-5,10H,3,6-7H2,(H2,15,17). The fraction of sp³-hybridized carbons (Fsp3) is 0.308. The highest BCUT2D eigenvalue weighted by Gasteiger charge is 2.34. The van der Waals surface area contributed by atoms with Gasteiger partial charge in [0.15, 0.2) is 0 Å². The van der Waals surface area contributed by atoms with E-state index in [1.165, 1.54) is 0 Å². The molecule has 0 radical (unpaired) electrons. The monoisotopic (exact) mass is 292 g/mol. The minimum Gasteiger partial charge on any atom is -0.379 e. The lowest BCUT2D eigenvalue weighted by Gasteiger charge is -2.24. The molecule has 20 heavy (non-hydrogen) atoms. The maximum atomic E-state index is 12.5. The van der Waals surface area contributed by atoms with Crippen LogP contribution in [0.15, 0.2) is 28.9 Å². The Kier molecular flexibility index (Phi) is 3.31. The number of nitrogens with zero attached hydrogens (tertiary/aromatic N) is 3. The first kappa shape index (κ1) is 12.9. The third-order valence-electron chi connectivity index (χ3n) is 3.49. The zero-order valence-electron chi connectivity index (χ0n) is 10.6. The molecule has 1 atom stereocenters. The van der Waals surface area contributed by atoms with E-state index in [-0.39, 0.29) is 23.5 Å². The van der Waals surface area contributed by atoms with Crippen LogP contribution in [0.3, 0.4) is 0 Å². The number of halogens is 1. The number of nitrogen functional groups attached to an aromatic ring is 1. The van der Waals surface area contributed by atoms with Crippen LogP contribution in [-0.4, -0.2) is 27.7 Å². The van der Waals surface area contributed by atoms with Gasteiger partial charge in [0, 0.05) is 11.6 Å². The number of anilines is 1. The molecule has 2 N–H and O–H groups in total. The number of carbonyl (C=O) groups is 1. The van der Waals surface area contributed by atoms with Crippen LogP contribution in [0, 0.1) is 0 Å². The number of rotatable bonds is 2. The minimum atomic E-state index is -0.272. The molecule has 104 valence electrons. The van der Waals surface area contributed by atoms with Gasteiger partial charge in [-0.05, 0) is 34.8 Å². The van der Waals surface area contributed by atoms with E-state index in [9.17, 15) is 4.79 Å². The number of likely N-dealkylation sites (tertiary alicyclic amines) is 1. The molecule has 1 aliphatic rings. The second-order valence-corrected chi connectivity index (χ2v) is 5.08. The first-order valence-electron chi connectivity index (χ1n) is 6.32. The summed E-state index contributed by atoms with van der Waals surface area (Å²) in [4.78, 5) is 14.2. The van der Waals surface area contributed by atoms with E-state index < -0.39 is 0 Å². The molecule has 1 aromatic heterocycles. The average molecular weight is 293 g/mol. The second kappa shape index (κ2) is 5.13. The molecule has 1 fully saturated rings. The molecule has 0 spiro atoms. The highest BCUT2D eigenvalue weighted by molar-refractivity contribution is 6.31. The summed E-state index contributed by atoms with van der Waals surface area (Å²) >= 11 is 6.22. The summed E-state index contributed by atoms with van der Waals surface area (Å²) in [5, 5.41) is 7.67. The number of carbonyl (C=O) groups excluding carboxylic acids is 1. The Morgan fingerprint density at radius 1 is 1.40 bits per heavy atom. The van der Waals surface area contributed by atoms with Crippen LogP contribution in [0.5, 0.6) is 0 Å². The molecule has 0 saturated carbocycles. The summed E-state index contributed by atoms with van der Waals surface area (Å²) in [6, 6.07) is 7.47. The van der Waals surface area contributed by atoms with E-state index in [2.05, 4.69) is 14.9 Å². The number of amides is 1. The van der Waals surface area contributed by atoms with Gasteiger partial charge < -0.3 is 10.6 Å². The van der Waals surface area contributed by atoms with Gasteiger partial charge in [-0.15, -0.1) is 0 Å². The van der Waals surface area contributed by atoms with Gasteiger partial charge in [-0.2, -0.15) is 0 Å². The Hall–Kier alpha value is -2.08. The van der Waals surface area contributed by atoms with Crippen molar-refractivity contribution in [2.75, 3.05) is 12.3 Å². The van der Waals surface area contributed by atoms with Crippen molar-refractivity contribution in [3.8, 4) is 0 Å². The lowest BCUT2D eigenvalue weighted by molar-refractivity contribution is 0.0725. The van der Waals surface area contributed by atoms with Crippen LogP contribution in [-0.2, 0) is 0 Å². The largest absolute Gasteiger partial charge is 0.379 e. The second-order valence-electron chi connectivity index (χ2n) is 4.68. The third kappa shape index (κ3) is 2.12. The number of aromatic nitrogens is 2.